The minimum atomic E-state index is -3.45. The van der Waals surface area contributed by atoms with Crippen LogP contribution in [0.2, 0.25) is 0 Å². The summed E-state index contributed by atoms with van der Waals surface area (Å²) in [4.78, 5) is 21.7. The lowest BCUT2D eigenvalue weighted by molar-refractivity contribution is -0.121. The monoisotopic (exact) mass is 428 g/mol. The summed E-state index contributed by atoms with van der Waals surface area (Å²) in [6, 6.07) is 6.62. The van der Waals surface area contributed by atoms with Gasteiger partial charge in [0, 0.05) is 30.5 Å². The van der Waals surface area contributed by atoms with E-state index in [0.29, 0.717) is 18.0 Å². The van der Waals surface area contributed by atoms with E-state index in [1.54, 1.807) is 28.6 Å². The van der Waals surface area contributed by atoms with Crippen LogP contribution in [-0.2, 0) is 27.7 Å². The third-order valence-corrected chi connectivity index (χ3v) is 7.79. The summed E-state index contributed by atoms with van der Waals surface area (Å²) < 4.78 is 27.1. The van der Waals surface area contributed by atoms with Gasteiger partial charge in [0.15, 0.2) is 0 Å². The van der Waals surface area contributed by atoms with Crippen LogP contribution in [0.25, 0.3) is 0 Å². The van der Waals surface area contributed by atoms with Gasteiger partial charge in [-0.05, 0) is 56.7 Å². The number of sulfonamides is 1. The lowest BCUT2D eigenvalue weighted by Gasteiger charge is -2.26. The van der Waals surface area contributed by atoms with Crippen LogP contribution in [-0.4, -0.2) is 41.7 Å². The maximum atomic E-state index is 12.8. The molecule has 1 aromatic carbocycles. The number of piperidine rings is 1. The Balaban J connectivity index is 1.40. The van der Waals surface area contributed by atoms with Crippen LogP contribution in [0, 0.1) is 6.92 Å². The molecule has 1 aliphatic carbocycles. The zero-order valence-corrected chi connectivity index (χ0v) is 18.1. The first-order valence-corrected chi connectivity index (χ1v) is 12.1. The van der Waals surface area contributed by atoms with Gasteiger partial charge < -0.3 is 5.32 Å². The number of benzene rings is 1. The maximum absolute atomic E-state index is 12.8. The molecule has 1 unspecified atom stereocenters. The number of carbonyl (C=O) groups excluding carboxylic acids is 1. The molecule has 1 saturated heterocycles. The summed E-state index contributed by atoms with van der Waals surface area (Å²) >= 11 is 0. The highest BCUT2D eigenvalue weighted by atomic mass is 32.2. The maximum Gasteiger partial charge on any atom is 0.243 e. The van der Waals surface area contributed by atoms with E-state index in [1.807, 2.05) is 13.1 Å². The fourth-order valence-corrected chi connectivity index (χ4v) is 5.78. The Hall–Kier alpha value is -2.32. The Labute approximate surface area is 178 Å². The lowest BCUT2D eigenvalue weighted by atomic mass is 9.92. The second-order valence-corrected chi connectivity index (χ2v) is 10.1. The highest BCUT2D eigenvalue weighted by Crippen LogP contribution is 2.28. The molecule has 30 heavy (non-hydrogen) atoms. The minimum Gasteiger partial charge on any atom is -0.349 e. The van der Waals surface area contributed by atoms with Gasteiger partial charge in [-0.25, -0.2) is 18.4 Å². The van der Waals surface area contributed by atoms with Gasteiger partial charge in [-0.2, -0.15) is 4.31 Å². The van der Waals surface area contributed by atoms with Crippen LogP contribution in [0.5, 0.6) is 0 Å². The molecular formula is C22H28N4O3S. The molecule has 1 aromatic heterocycles. The van der Waals surface area contributed by atoms with Crippen molar-refractivity contribution in [2.24, 2.45) is 0 Å². The first-order valence-electron chi connectivity index (χ1n) is 10.6. The van der Waals surface area contributed by atoms with Gasteiger partial charge in [-0.3, -0.25) is 4.79 Å². The quantitative estimate of drug-likeness (QED) is 0.790. The standard InChI is InChI=1S/C22H28N4O3S/c1-16-23-15-19-20(24-16)6-5-7-21(19)25-22(27)14-17-8-10-18(11-9-17)30(28,29)26-12-3-2-4-13-26/h8-11,15,21H,2-7,12-14H2,1H3,(H,25,27). The van der Waals surface area contributed by atoms with Gasteiger partial charge in [0.25, 0.3) is 0 Å². The summed E-state index contributed by atoms with van der Waals surface area (Å²) in [5.74, 6) is 0.667. The van der Waals surface area contributed by atoms with Gasteiger partial charge >= 0.3 is 0 Å². The smallest absolute Gasteiger partial charge is 0.243 e. The number of nitrogens with zero attached hydrogens (tertiary/aromatic N) is 3. The van der Waals surface area contributed by atoms with Gasteiger partial charge in [0.05, 0.1) is 17.4 Å². The molecule has 0 bridgehead atoms. The largest absolute Gasteiger partial charge is 0.349 e. The number of hydrogen-bond acceptors (Lipinski definition) is 5. The Bertz CT molecular complexity index is 1020. The number of aromatic nitrogens is 2. The average Bonchev–Trinajstić information content (AvgIpc) is 2.74. The van der Waals surface area contributed by atoms with Crippen molar-refractivity contribution in [3.05, 3.63) is 53.1 Å². The summed E-state index contributed by atoms with van der Waals surface area (Å²) in [6.45, 7) is 3.04. The van der Waals surface area contributed by atoms with Crippen molar-refractivity contribution in [2.75, 3.05) is 13.1 Å². The predicted octanol–water partition coefficient (Wildman–Crippen LogP) is 2.70. The molecule has 1 aliphatic heterocycles. The van der Waals surface area contributed by atoms with Crippen molar-refractivity contribution in [2.45, 2.75) is 62.8 Å². The number of nitrogens with one attached hydrogen (secondary N) is 1. The van der Waals surface area contributed by atoms with E-state index in [9.17, 15) is 13.2 Å². The third-order valence-electron chi connectivity index (χ3n) is 5.88. The molecule has 2 aliphatic rings. The van der Waals surface area contributed by atoms with Crippen molar-refractivity contribution in [3.8, 4) is 0 Å². The van der Waals surface area contributed by atoms with Gasteiger partial charge in [0.2, 0.25) is 15.9 Å². The van der Waals surface area contributed by atoms with Crippen molar-refractivity contribution in [1.82, 2.24) is 19.6 Å². The summed E-state index contributed by atoms with van der Waals surface area (Å²) in [5, 5.41) is 3.09. The number of hydrogen-bond donors (Lipinski definition) is 1. The van der Waals surface area contributed by atoms with Crippen molar-refractivity contribution in [1.29, 1.82) is 0 Å². The van der Waals surface area contributed by atoms with E-state index < -0.39 is 10.0 Å². The van der Waals surface area contributed by atoms with E-state index in [0.717, 1.165) is 61.2 Å². The summed E-state index contributed by atoms with van der Waals surface area (Å²) in [7, 11) is -3.45. The van der Waals surface area contributed by atoms with E-state index in [2.05, 4.69) is 15.3 Å². The molecule has 2 aromatic rings. The summed E-state index contributed by atoms with van der Waals surface area (Å²) in [6.07, 6.45) is 7.70. The van der Waals surface area contributed by atoms with Crippen molar-refractivity contribution >= 4 is 15.9 Å². The van der Waals surface area contributed by atoms with Crippen LogP contribution in [0.3, 0.4) is 0 Å². The third kappa shape index (κ3) is 4.54. The van der Waals surface area contributed by atoms with E-state index in [-0.39, 0.29) is 18.4 Å². The van der Waals surface area contributed by atoms with Crippen molar-refractivity contribution < 1.29 is 13.2 Å². The zero-order valence-electron chi connectivity index (χ0n) is 17.3. The topological polar surface area (TPSA) is 92.3 Å². The number of rotatable bonds is 5. The molecule has 1 fully saturated rings. The van der Waals surface area contributed by atoms with Crippen LogP contribution >= 0.6 is 0 Å². The molecular weight excluding hydrogens is 400 g/mol. The van der Waals surface area contributed by atoms with Crippen LogP contribution in [0.1, 0.15) is 60.8 Å². The van der Waals surface area contributed by atoms with E-state index in [1.165, 1.54) is 0 Å². The van der Waals surface area contributed by atoms with Crippen molar-refractivity contribution in [3.63, 3.8) is 0 Å². The molecule has 160 valence electrons. The molecule has 0 spiro atoms. The molecule has 2 heterocycles. The predicted molar refractivity (Wildman–Crippen MR) is 113 cm³/mol. The normalized spacial score (nSPS) is 19.8. The molecule has 7 nitrogen and oxygen atoms in total. The SMILES string of the molecule is Cc1ncc2c(n1)CCCC2NC(=O)Cc1ccc(S(=O)(=O)N2CCCCC2)cc1. The Morgan fingerprint density at radius 1 is 1.13 bits per heavy atom. The first-order chi connectivity index (χ1) is 14.4. The van der Waals surface area contributed by atoms with E-state index in [4.69, 9.17) is 0 Å². The highest BCUT2D eigenvalue weighted by molar-refractivity contribution is 7.89. The number of amides is 1. The molecule has 0 saturated carbocycles. The van der Waals surface area contributed by atoms with Gasteiger partial charge in [-0.15, -0.1) is 0 Å². The zero-order chi connectivity index (χ0) is 21.1. The van der Waals surface area contributed by atoms with E-state index >= 15 is 0 Å². The lowest BCUT2D eigenvalue weighted by Crippen LogP contribution is -2.35. The number of carbonyl (C=O) groups is 1. The molecule has 8 heteroatoms. The second kappa shape index (κ2) is 8.81. The number of fused-ring (bicyclic) bond motifs is 1. The number of aryl methyl sites for hydroxylation is 2. The van der Waals surface area contributed by atoms with Crippen LogP contribution in [0.4, 0.5) is 0 Å². The molecule has 1 N–H and O–H groups in total. The second-order valence-electron chi connectivity index (χ2n) is 8.12. The molecule has 1 atom stereocenters. The Morgan fingerprint density at radius 3 is 2.60 bits per heavy atom. The van der Waals surface area contributed by atoms with Gasteiger partial charge in [-0.1, -0.05) is 18.6 Å². The fourth-order valence-electron chi connectivity index (χ4n) is 4.26. The minimum absolute atomic E-state index is 0.0689. The van der Waals surface area contributed by atoms with Crippen LogP contribution in [0.15, 0.2) is 35.4 Å². The Morgan fingerprint density at radius 2 is 1.87 bits per heavy atom. The highest BCUT2D eigenvalue weighted by Gasteiger charge is 2.26. The first kappa shape index (κ1) is 20.9. The fraction of sp³-hybridized carbons (Fsp3) is 0.500. The van der Waals surface area contributed by atoms with Crippen LogP contribution < -0.4 is 5.32 Å². The molecule has 0 radical (unpaired) electrons. The Kier molecular flexibility index (Phi) is 6.15. The summed E-state index contributed by atoms with van der Waals surface area (Å²) in [5.41, 5.74) is 2.82. The molecule has 1 amide bonds. The average molecular weight is 429 g/mol. The van der Waals surface area contributed by atoms with Gasteiger partial charge in [0.1, 0.15) is 5.82 Å². The molecule has 4 rings (SSSR count).